The molecule has 5 rings (SSSR count). The Labute approximate surface area is 214 Å². The summed E-state index contributed by atoms with van der Waals surface area (Å²) < 4.78 is 40.7. The SMILES string of the molecule is Cc1nc2c(c(=O)n1C(c1ccccc1)c1ccccc1)CCN(C(C)c1ccc(C(F)(F)F)cc1)C2. The van der Waals surface area contributed by atoms with Crippen LogP contribution in [0.3, 0.4) is 0 Å². The van der Waals surface area contributed by atoms with Crippen LogP contribution in [0.25, 0.3) is 0 Å². The lowest BCUT2D eigenvalue weighted by Gasteiger charge is -2.34. The van der Waals surface area contributed by atoms with Gasteiger partial charge in [0.2, 0.25) is 0 Å². The standard InChI is InChI=1S/C30H28F3N3O/c1-20(22-13-15-25(16-14-22)30(31,32)33)35-18-17-26-27(19-35)34-21(2)36(29(26)37)28(23-9-5-3-6-10-23)24-11-7-4-8-12-24/h3-16,20,28H,17-19H2,1-2H3. The lowest BCUT2D eigenvalue weighted by Crippen LogP contribution is -2.40. The zero-order valence-corrected chi connectivity index (χ0v) is 20.7. The molecule has 1 atom stereocenters. The van der Waals surface area contributed by atoms with Crippen LogP contribution in [-0.2, 0) is 19.1 Å². The number of fused-ring (bicyclic) bond motifs is 1. The molecule has 0 fully saturated rings. The molecule has 4 aromatic rings. The van der Waals surface area contributed by atoms with Crippen molar-refractivity contribution >= 4 is 0 Å². The van der Waals surface area contributed by atoms with E-state index < -0.39 is 11.7 Å². The van der Waals surface area contributed by atoms with E-state index in [0.717, 1.165) is 34.5 Å². The Hall–Kier alpha value is -3.71. The molecule has 4 nitrogen and oxygen atoms in total. The minimum atomic E-state index is -4.36. The van der Waals surface area contributed by atoms with Crippen molar-refractivity contribution in [1.82, 2.24) is 14.5 Å². The van der Waals surface area contributed by atoms with Crippen molar-refractivity contribution in [3.05, 3.63) is 135 Å². The van der Waals surface area contributed by atoms with Crippen LogP contribution in [0.5, 0.6) is 0 Å². The van der Waals surface area contributed by atoms with Crippen LogP contribution in [0.4, 0.5) is 13.2 Å². The van der Waals surface area contributed by atoms with Crippen molar-refractivity contribution in [1.29, 1.82) is 0 Å². The molecule has 190 valence electrons. The van der Waals surface area contributed by atoms with Gasteiger partial charge in [0.1, 0.15) is 5.82 Å². The highest BCUT2D eigenvalue weighted by molar-refractivity contribution is 5.35. The summed E-state index contributed by atoms with van der Waals surface area (Å²) in [6.45, 7) is 4.92. The number of hydrogen-bond donors (Lipinski definition) is 0. The fourth-order valence-corrected chi connectivity index (χ4v) is 5.20. The maximum atomic E-state index is 13.9. The number of nitrogens with zero attached hydrogens (tertiary/aromatic N) is 3. The van der Waals surface area contributed by atoms with E-state index >= 15 is 0 Å². The van der Waals surface area contributed by atoms with Gasteiger partial charge in [-0.15, -0.1) is 0 Å². The lowest BCUT2D eigenvalue weighted by atomic mass is 9.96. The molecule has 37 heavy (non-hydrogen) atoms. The van der Waals surface area contributed by atoms with E-state index in [1.165, 1.54) is 12.1 Å². The van der Waals surface area contributed by atoms with Crippen LogP contribution in [0, 0.1) is 6.92 Å². The van der Waals surface area contributed by atoms with E-state index in [9.17, 15) is 18.0 Å². The summed E-state index contributed by atoms with van der Waals surface area (Å²) in [7, 11) is 0. The first-order valence-corrected chi connectivity index (χ1v) is 12.4. The van der Waals surface area contributed by atoms with Gasteiger partial charge < -0.3 is 0 Å². The number of benzene rings is 3. The van der Waals surface area contributed by atoms with Crippen LogP contribution in [0.15, 0.2) is 89.7 Å². The summed E-state index contributed by atoms with van der Waals surface area (Å²) in [5.74, 6) is 0.630. The fraction of sp³-hybridized carbons (Fsp3) is 0.267. The van der Waals surface area contributed by atoms with E-state index in [0.29, 0.717) is 30.9 Å². The topological polar surface area (TPSA) is 38.1 Å². The zero-order valence-electron chi connectivity index (χ0n) is 20.7. The number of alkyl halides is 3. The van der Waals surface area contributed by atoms with Crippen molar-refractivity contribution in [2.45, 2.75) is 45.1 Å². The second kappa shape index (κ2) is 9.98. The number of aryl methyl sites for hydroxylation is 1. The summed E-state index contributed by atoms with van der Waals surface area (Å²) in [5, 5.41) is 0. The molecule has 0 saturated heterocycles. The Kier molecular flexibility index (Phi) is 6.73. The van der Waals surface area contributed by atoms with Gasteiger partial charge >= 0.3 is 6.18 Å². The van der Waals surface area contributed by atoms with Crippen LogP contribution < -0.4 is 5.56 Å². The third-order valence-electron chi connectivity index (χ3n) is 7.23. The summed E-state index contributed by atoms with van der Waals surface area (Å²) >= 11 is 0. The van der Waals surface area contributed by atoms with Gasteiger partial charge in [0.05, 0.1) is 17.3 Å². The van der Waals surface area contributed by atoms with Gasteiger partial charge in [0.15, 0.2) is 0 Å². The zero-order chi connectivity index (χ0) is 26.2. The highest BCUT2D eigenvalue weighted by atomic mass is 19.4. The Morgan fingerprint density at radius 2 is 1.41 bits per heavy atom. The lowest BCUT2D eigenvalue weighted by molar-refractivity contribution is -0.137. The van der Waals surface area contributed by atoms with E-state index in [-0.39, 0.29) is 17.6 Å². The van der Waals surface area contributed by atoms with Crippen LogP contribution in [0.1, 0.15) is 58.3 Å². The van der Waals surface area contributed by atoms with E-state index in [1.807, 2.05) is 74.5 Å². The molecule has 0 saturated carbocycles. The third kappa shape index (κ3) is 4.96. The monoisotopic (exact) mass is 503 g/mol. The molecule has 0 amide bonds. The molecule has 3 aromatic carbocycles. The summed E-state index contributed by atoms with van der Waals surface area (Å²) in [5.41, 5.74) is 3.57. The Bertz CT molecular complexity index is 1390. The van der Waals surface area contributed by atoms with E-state index in [4.69, 9.17) is 4.98 Å². The maximum Gasteiger partial charge on any atom is 0.416 e. The first-order chi connectivity index (χ1) is 17.7. The molecule has 0 bridgehead atoms. The number of halogens is 3. The minimum Gasteiger partial charge on any atom is -0.290 e. The predicted molar refractivity (Wildman–Crippen MR) is 137 cm³/mol. The largest absolute Gasteiger partial charge is 0.416 e. The first-order valence-electron chi connectivity index (χ1n) is 12.4. The second-order valence-corrected chi connectivity index (χ2v) is 9.50. The van der Waals surface area contributed by atoms with Gasteiger partial charge in [0, 0.05) is 24.7 Å². The summed E-state index contributed by atoms with van der Waals surface area (Å²) in [6.07, 6.45) is -3.83. The quantitative estimate of drug-likeness (QED) is 0.320. The maximum absolute atomic E-state index is 13.9. The molecule has 1 aliphatic rings. The van der Waals surface area contributed by atoms with Crippen LogP contribution in [0.2, 0.25) is 0 Å². The van der Waals surface area contributed by atoms with Crippen molar-refractivity contribution < 1.29 is 13.2 Å². The van der Waals surface area contributed by atoms with Crippen molar-refractivity contribution in [2.24, 2.45) is 0 Å². The van der Waals surface area contributed by atoms with Gasteiger partial charge in [-0.2, -0.15) is 13.2 Å². The van der Waals surface area contributed by atoms with Gasteiger partial charge in [-0.05, 0) is 49.1 Å². The van der Waals surface area contributed by atoms with Gasteiger partial charge in [-0.25, -0.2) is 4.98 Å². The molecular weight excluding hydrogens is 475 g/mol. The number of hydrogen-bond acceptors (Lipinski definition) is 3. The van der Waals surface area contributed by atoms with E-state index in [1.54, 1.807) is 4.57 Å². The van der Waals surface area contributed by atoms with Crippen molar-refractivity contribution in [3.63, 3.8) is 0 Å². The average molecular weight is 504 g/mol. The molecule has 7 heteroatoms. The highest BCUT2D eigenvalue weighted by Gasteiger charge is 2.31. The third-order valence-corrected chi connectivity index (χ3v) is 7.23. The molecular formula is C30H28F3N3O. The van der Waals surface area contributed by atoms with Crippen molar-refractivity contribution in [2.75, 3.05) is 6.54 Å². The van der Waals surface area contributed by atoms with Gasteiger partial charge in [-0.3, -0.25) is 14.3 Å². The number of aromatic nitrogens is 2. The van der Waals surface area contributed by atoms with Crippen LogP contribution in [-0.4, -0.2) is 21.0 Å². The van der Waals surface area contributed by atoms with Crippen molar-refractivity contribution in [3.8, 4) is 0 Å². The molecule has 0 aliphatic carbocycles. The molecule has 1 aliphatic heterocycles. The molecule has 0 N–H and O–H groups in total. The fourth-order valence-electron chi connectivity index (χ4n) is 5.20. The average Bonchev–Trinajstić information content (AvgIpc) is 2.91. The Morgan fingerprint density at radius 3 is 1.95 bits per heavy atom. The Balaban J connectivity index is 1.48. The second-order valence-electron chi connectivity index (χ2n) is 9.50. The van der Waals surface area contributed by atoms with Gasteiger partial charge in [0.25, 0.3) is 5.56 Å². The smallest absolute Gasteiger partial charge is 0.290 e. The molecule has 1 unspecified atom stereocenters. The van der Waals surface area contributed by atoms with Crippen LogP contribution >= 0.6 is 0 Å². The van der Waals surface area contributed by atoms with Gasteiger partial charge in [-0.1, -0.05) is 72.8 Å². The molecule has 1 aromatic heterocycles. The normalized spacial score (nSPS) is 15.0. The van der Waals surface area contributed by atoms with E-state index in [2.05, 4.69) is 4.90 Å². The molecule has 0 spiro atoms. The number of rotatable bonds is 5. The molecule has 2 heterocycles. The Morgan fingerprint density at radius 1 is 0.838 bits per heavy atom. The summed E-state index contributed by atoms with van der Waals surface area (Å²) in [4.78, 5) is 20.9. The predicted octanol–water partition coefficient (Wildman–Crippen LogP) is 6.33. The molecule has 0 radical (unpaired) electrons. The highest BCUT2D eigenvalue weighted by Crippen LogP contribution is 2.32. The first kappa shape index (κ1) is 25.0. The minimum absolute atomic E-state index is 0.0398. The summed E-state index contributed by atoms with van der Waals surface area (Å²) in [6, 6.07) is 24.8.